The van der Waals surface area contributed by atoms with E-state index in [1.807, 2.05) is 49.6 Å². The highest BCUT2D eigenvalue weighted by Gasteiger charge is 2.19. The van der Waals surface area contributed by atoms with Gasteiger partial charge in [-0.2, -0.15) is 0 Å². The SMILES string of the molecule is Cc1ccc(S(=O)(=O)Nc2cc(-n3c(C)c(C)c4ccccc43)c(O)cc2C)cc1. The van der Waals surface area contributed by atoms with E-state index >= 15 is 0 Å². The Kier molecular flexibility index (Phi) is 4.82. The molecule has 154 valence electrons. The lowest BCUT2D eigenvalue weighted by Gasteiger charge is -2.16. The van der Waals surface area contributed by atoms with Crippen molar-refractivity contribution in [3.63, 3.8) is 0 Å². The predicted molar refractivity (Wildman–Crippen MR) is 121 cm³/mol. The summed E-state index contributed by atoms with van der Waals surface area (Å²) in [4.78, 5) is 0.195. The number of hydrogen-bond donors (Lipinski definition) is 2. The minimum atomic E-state index is -3.75. The molecule has 0 aliphatic rings. The van der Waals surface area contributed by atoms with Gasteiger partial charge in [-0.05, 0) is 69.2 Å². The molecule has 2 N–H and O–H groups in total. The van der Waals surface area contributed by atoms with Crippen LogP contribution < -0.4 is 4.72 Å². The number of anilines is 1. The number of rotatable bonds is 4. The molecule has 30 heavy (non-hydrogen) atoms. The number of hydrogen-bond acceptors (Lipinski definition) is 3. The molecule has 4 rings (SSSR count). The minimum Gasteiger partial charge on any atom is -0.506 e. The third kappa shape index (κ3) is 3.33. The van der Waals surface area contributed by atoms with Crippen molar-refractivity contribution in [1.82, 2.24) is 4.57 Å². The molecule has 0 aliphatic heterocycles. The van der Waals surface area contributed by atoms with Gasteiger partial charge in [0.2, 0.25) is 0 Å². The zero-order valence-corrected chi connectivity index (χ0v) is 18.2. The number of phenolic OH excluding ortho intramolecular Hbond substituents is 1. The quantitative estimate of drug-likeness (QED) is 0.436. The summed E-state index contributed by atoms with van der Waals surface area (Å²) in [6, 6.07) is 17.9. The van der Waals surface area contributed by atoms with E-state index in [9.17, 15) is 13.5 Å². The number of sulfonamides is 1. The van der Waals surface area contributed by atoms with Crippen LogP contribution in [0.15, 0.2) is 65.6 Å². The van der Waals surface area contributed by atoms with Gasteiger partial charge in [-0.3, -0.25) is 4.72 Å². The van der Waals surface area contributed by atoms with Crippen molar-refractivity contribution in [2.75, 3.05) is 4.72 Å². The topological polar surface area (TPSA) is 71.3 Å². The molecule has 0 amide bonds. The molecule has 1 heterocycles. The minimum absolute atomic E-state index is 0.0923. The van der Waals surface area contributed by atoms with Crippen molar-refractivity contribution in [3.05, 3.63) is 83.0 Å². The molecule has 0 fully saturated rings. The van der Waals surface area contributed by atoms with Gasteiger partial charge < -0.3 is 9.67 Å². The van der Waals surface area contributed by atoms with Gasteiger partial charge in [0.05, 0.1) is 21.8 Å². The fourth-order valence-corrected chi connectivity index (χ4v) is 4.85. The number of fused-ring (bicyclic) bond motifs is 1. The molecular formula is C24H24N2O3S. The molecule has 1 aromatic heterocycles. The maximum atomic E-state index is 12.9. The summed E-state index contributed by atoms with van der Waals surface area (Å²) in [6.07, 6.45) is 0. The van der Waals surface area contributed by atoms with Gasteiger partial charge in [0, 0.05) is 11.1 Å². The molecule has 4 aromatic rings. The van der Waals surface area contributed by atoms with Crippen molar-refractivity contribution < 1.29 is 13.5 Å². The fourth-order valence-electron chi connectivity index (χ4n) is 3.73. The first-order valence-electron chi connectivity index (χ1n) is 9.69. The van der Waals surface area contributed by atoms with Gasteiger partial charge in [-0.1, -0.05) is 35.9 Å². The summed E-state index contributed by atoms with van der Waals surface area (Å²) in [5.74, 6) is 0.0923. The highest BCUT2D eigenvalue weighted by atomic mass is 32.2. The lowest BCUT2D eigenvalue weighted by atomic mass is 10.1. The van der Waals surface area contributed by atoms with E-state index in [0.717, 1.165) is 27.7 Å². The molecule has 0 bridgehead atoms. The number of benzene rings is 3. The van der Waals surface area contributed by atoms with E-state index < -0.39 is 10.0 Å². The van der Waals surface area contributed by atoms with Gasteiger partial charge in [0.1, 0.15) is 5.75 Å². The maximum absolute atomic E-state index is 12.9. The summed E-state index contributed by atoms with van der Waals surface area (Å²) in [7, 11) is -3.75. The van der Waals surface area contributed by atoms with E-state index in [-0.39, 0.29) is 10.6 Å². The number of aromatic nitrogens is 1. The summed E-state index contributed by atoms with van der Waals surface area (Å²) in [5, 5.41) is 11.8. The van der Waals surface area contributed by atoms with Gasteiger partial charge in [-0.15, -0.1) is 0 Å². The predicted octanol–water partition coefficient (Wildman–Crippen LogP) is 5.37. The third-order valence-electron chi connectivity index (χ3n) is 5.57. The Labute approximate surface area is 176 Å². The Morgan fingerprint density at radius 1 is 0.900 bits per heavy atom. The van der Waals surface area contributed by atoms with Crippen molar-refractivity contribution >= 4 is 26.6 Å². The molecule has 5 nitrogen and oxygen atoms in total. The van der Waals surface area contributed by atoms with Crippen LogP contribution in [0.4, 0.5) is 5.69 Å². The smallest absolute Gasteiger partial charge is 0.261 e. The van der Waals surface area contributed by atoms with Crippen LogP contribution in [0.25, 0.3) is 16.6 Å². The zero-order chi connectivity index (χ0) is 21.6. The average Bonchev–Trinajstić information content (AvgIpc) is 2.95. The third-order valence-corrected chi connectivity index (χ3v) is 6.95. The Morgan fingerprint density at radius 2 is 1.57 bits per heavy atom. The monoisotopic (exact) mass is 420 g/mol. The standard InChI is InChI=1S/C24H24N2O3S/c1-15-9-11-19(12-10-15)30(28,29)25-21-14-23(24(27)13-16(21)2)26-18(4)17(3)20-7-5-6-8-22(20)26/h5-14,25,27H,1-4H3. The fraction of sp³-hybridized carbons (Fsp3) is 0.167. The number of aromatic hydroxyl groups is 1. The summed E-state index contributed by atoms with van der Waals surface area (Å²) in [6.45, 7) is 7.71. The van der Waals surface area contributed by atoms with E-state index in [1.54, 1.807) is 43.3 Å². The first-order valence-corrected chi connectivity index (χ1v) is 11.2. The van der Waals surface area contributed by atoms with Crippen molar-refractivity contribution in [2.24, 2.45) is 0 Å². The second-order valence-corrected chi connectivity index (χ2v) is 9.32. The van der Waals surface area contributed by atoms with Crippen molar-refractivity contribution in [2.45, 2.75) is 32.6 Å². The molecule has 0 saturated carbocycles. The van der Waals surface area contributed by atoms with Crippen LogP contribution in [-0.2, 0) is 10.0 Å². The van der Waals surface area contributed by atoms with E-state index in [4.69, 9.17) is 0 Å². The normalized spacial score (nSPS) is 11.7. The highest BCUT2D eigenvalue weighted by molar-refractivity contribution is 7.92. The molecule has 0 unspecified atom stereocenters. The first-order chi connectivity index (χ1) is 14.2. The zero-order valence-electron chi connectivity index (χ0n) is 17.4. The summed E-state index contributed by atoms with van der Waals surface area (Å²) in [5.41, 5.74) is 5.65. The molecule has 0 radical (unpaired) electrons. The number of para-hydroxylation sites is 1. The Morgan fingerprint density at radius 3 is 2.27 bits per heavy atom. The molecule has 6 heteroatoms. The maximum Gasteiger partial charge on any atom is 0.261 e. The average molecular weight is 421 g/mol. The molecule has 0 saturated heterocycles. The molecule has 0 spiro atoms. The second kappa shape index (κ2) is 7.22. The summed E-state index contributed by atoms with van der Waals surface area (Å²) < 4.78 is 30.4. The van der Waals surface area contributed by atoms with E-state index in [2.05, 4.69) is 4.72 Å². The summed E-state index contributed by atoms with van der Waals surface area (Å²) >= 11 is 0. The van der Waals surface area contributed by atoms with Gasteiger partial charge in [0.25, 0.3) is 10.0 Å². The largest absolute Gasteiger partial charge is 0.506 e. The lowest BCUT2D eigenvalue weighted by Crippen LogP contribution is -2.14. The van der Waals surface area contributed by atoms with Crippen LogP contribution in [0.3, 0.4) is 0 Å². The highest BCUT2D eigenvalue weighted by Crippen LogP contribution is 2.35. The van der Waals surface area contributed by atoms with Gasteiger partial charge in [-0.25, -0.2) is 8.42 Å². The number of nitrogens with one attached hydrogen (secondary N) is 1. The van der Waals surface area contributed by atoms with Crippen molar-refractivity contribution in [3.8, 4) is 11.4 Å². The number of phenols is 1. The molecule has 3 aromatic carbocycles. The number of nitrogens with zero attached hydrogens (tertiary/aromatic N) is 1. The Bertz CT molecular complexity index is 1370. The lowest BCUT2D eigenvalue weighted by molar-refractivity contribution is 0.472. The molecule has 0 atom stereocenters. The first kappa shape index (κ1) is 20.0. The van der Waals surface area contributed by atoms with Crippen LogP contribution in [0.5, 0.6) is 5.75 Å². The van der Waals surface area contributed by atoms with Crippen LogP contribution in [0.1, 0.15) is 22.4 Å². The van der Waals surface area contributed by atoms with Crippen LogP contribution >= 0.6 is 0 Å². The second-order valence-electron chi connectivity index (χ2n) is 7.64. The number of aryl methyl sites for hydroxylation is 3. The van der Waals surface area contributed by atoms with E-state index in [0.29, 0.717) is 16.9 Å². The Balaban J connectivity index is 1.85. The van der Waals surface area contributed by atoms with Gasteiger partial charge in [0.15, 0.2) is 0 Å². The van der Waals surface area contributed by atoms with Crippen LogP contribution in [0, 0.1) is 27.7 Å². The van der Waals surface area contributed by atoms with Crippen LogP contribution in [-0.4, -0.2) is 18.1 Å². The van der Waals surface area contributed by atoms with Crippen LogP contribution in [0.2, 0.25) is 0 Å². The Hall–Kier alpha value is -3.25. The molecule has 0 aliphatic carbocycles. The van der Waals surface area contributed by atoms with E-state index in [1.165, 1.54) is 0 Å². The van der Waals surface area contributed by atoms with Crippen molar-refractivity contribution in [1.29, 1.82) is 0 Å². The molecular weight excluding hydrogens is 396 g/mol. The van der Waals surface area contributed by atoms with Gasteiger partial charge >= 0.3 is 0 Å².